The molecular weight excluding hydrogens is 527 g/mol. The van der Waals surface area contributed by atoms with Gasteiger partial charge in [-0.3, -0.25) is 9.59 Å². The van der Waals surface area contributed by atoms with E-state index in [0.29, 0.717) is 32.7 Å². The lowest BCUT2D eigenvalue weighted by atomic mass is 10.1. The van der Waals surface area contributed by atoms with Crippen LogP contribution in [0.3, 0.4) is 0 Å². The number of hydrogen-bond donors (Lipinski definition) is 2. The van der Waals surface area contributed by atoms with Crippen LogP contribution in [0.1, 0.15) is 26.7 Å². The summed E-state index contributed by atoms with van der Waals surface area (Å²) in [6.07, 6.45) is 0. The van der Waals surface area contributed by atoms with E-state index in [0.717, 1.165) is 16.0 Å². The number of carbonyl (C=O) groups is 2. The summed E-state index contributed by atoms with van der Waals surface area (Å²) >= 11 is 13.6. The van der Waals surface area contributed by atoms with Crippen molar-refractivity contribution in [1.82, 2.24) is 0 Å². The van der Waals surface area contributed by atoms with Crippen LogP contribution in [0.2, 0.25) is 10.0 Å². The molecule has 0 fully saturated rings. The molecule has 8 heteroatoms. The van der Waals surface area contributed by atoms with Crippen LogP contribution in [-0.2, 0) is 4.79 Å². The van der Waals surface area contributed by atoms with Crippen molar-refractivity contribution in [3.8, 4) is 5.75 Å². The Morgan fingerprint density at radius 2 is 1.62 bits per heavy atom. The predicted molar refractivity (Wildman–Crippen MR) is 152 cm³/mol. The molecule has 0 saturated heterocycles. The van der Waals surface area contributed by atoms with Crippen molar-refractivity contribution in [2.45, 2.75) is 17.1 Å². The largest absolute Gasteiger partial charge is 0.495 e. The second-order valence-electron chi connectivity index (χ2n) is 8.19. The number of anilines is 2. The van der Waals surface area contributed by atoms with Crippen molar-refractivity contribution in [1.29, 1.82) is 0 Å². The standard InChI is InChI=1S/C29H24Cl2N2O3S/c1-18-14-25(26(36-2)17-24(18)31)33-29(35)27(19-8-4-3-5-9-19)37-23-13-7-12-22(16-23)32-28(34)20-10-6-11-21(30)15-20/h3-17,27H,1-2H3,(H,32,34)(H,33,35). The highest BCUT2D eigenvalue weighted by Crippen LogP contribution is 2.39. The van der Waals surface area contributed by atoms with E-state index in [1.54, 1.807) is 42.5 Å². The Morgan fingerprint density at radius 3 is 2.35 bits per heavy atom. The molecule has 4 rings (SSSR count). The highest BCUT2D eigenvalue weighted by molar-refractivity contribution is 8.00. The molecule has 0 heterocycles. The zero-order chi connectivity index (χ0) is 26.4. The van der Waals surface area contributed by atoms with Gasteiger partial charge in [-0.1, -0.05) is 65.7 Å². The van der Waals surface area contributed by atoms with Crippen LogP contribution in [0.4, 0.5) is 11.4 Å². The van der Waals surface area contributed by atoms with Gasteiger partial charge in [-0.2, -0.15) is 0 Å². The number of amides is 2. The van der Waals surface area contributed by atoms with Crippen molar-refractivity contribution in [2.75, 3.05) is 17.7 Å². The number of nitrogens with one attached hydrogen (secondary N) is 2. The van der Waals surface area contributed by atoms with Gasteiger partial charge in [0.05, 0.1) is 12.8 Å². The minimum atomic E-state index is -0.569. The van der Waals surface area contributed by atoms with Gasteiger partial charge in [0, 0.05) is 32.3 Å². The number of carbonyl (C=O) groups excluding carboxylic acids is 2. The summed E-state index contributed by atoms with van der Waals surface area (Å²) in [7, 11) is 1.53. The first-order valence-electron chi connectivity index (χ1n) is 11.4. The zero-order valence-electron chi connectivity index (χ0n) is 20.1. The van der Waals surface area contributed by atoms with Crippen molar-refractivity contribution < 1.29 is 14.3 Å². The van der Waals surface area contributed by atoms with Crippen molar-refractivity contribution in [3.63, 3.8) is 0 Å². The number of methoxy groups -OCH3 is 1. The molecule has 4 aromatic rings. The summed E-state index contributed by atoms with van der Waals surface area (Å²) in [6.45, 7) is 1.87. The molecule has 188 valence electrons. The molecule has 0 aliphatic heterocycles. The van der Waals surface area contributed by atoms with E-state index < -0.39 is 5.25 Å². The number of thioether (sulfide) groups is 1. The minimum absolute atomic E-state index is 0.218. The normalized spacial score (nSPS) is 11.5. The Labute approximate surface area is 230 Å². The van der Waals surface area contributed by atoms with E-state index in [2.05, 4.69) is 10.6 Å². The molecule has 0 radical (unpaired) electrons. The molecule has 1 atom stereocenters. The van der Waals surface area contributed by atoms with Gasteiger partial charge in [-0.15, -0.1) is 11.8 Å². The van der Waals surface area contributed by atoms with Gasteiger partial charge in [0.25, 0.3) is 5.91 Å². The first-order chi connectivity index (χ1) is 17.8. The second kappa shape index (κ2) is 12.2. The Morgan fingerprint density at radius 1 is 0.865 bits per heavy atom. The molecule has 0 spiro atoms. The third-order valence-electron chi connectivity index (χ3n) is 5.51. The molecule has 0 aromatic heterocycles. The molecule has 0 bridgehead atoms. The SMILES string of the molecule is COc1cc(Cl)c(C)cc1NC(=O)C(Sc1cccc(NC(=O)c2cccc(Cl)c2)c1)c1ccccc1. The Kier molecular flexibility index (Phi) is 8.77. The summed E-state index contributed by atoms with van der Waals surface area (Å²) in [6, 6.07) is 27.1. The summed E-state index contributed by atoms with van der Waals surface area (Å²) in [5.74, 6) is -0.0109. The summed E-state index contributed by atoms with van der Waals surface area (Å²) < 4.78 is 5.43. The van der Waals surface area contributed by atoms with Crippen LogP contribution >= 0.6 is 35.0 Å². The van der Waals surface area contributed by atoms with Gasteiger partial charge in [0.2, 0.25) is 5.91 Å². The van der Waals surface area contributed by atoms with Gasteiger partial charge >= 0.3 is 0 Å². The smallest absolute Gasteiger partial charge is 0.255 e. The highest BCUT2D eigenvalue weighted by atomic mass is 35.5. The Hall–Kier alpha value is -3.45. The maximum absolute atomic E-state index is 13.6. The topological polar surface area (TPSA) is 67.4 Å². The average molecular weight is 551 g/mol. The number of hydrogen-bond acceptors (Lipinski definition) is 4. The molecular formula is C29H24Cl2N2O3S. The lowest BCUT2D eigenvalue weighted by molar-refractivity contribution is -0.115. The van der Waals surface area contributed by atoms with E-state index in [4.69, 9.17) is 27.9 Å². The molecule has 2 N–H and O–H groups in total. The molecule has 0 aliphatic rings. The summed E-state index contributed by atoms with van der Waals surface area (Å²) in [4.78, 5) is 27.1. The summed E-state index contributed by atoms with van der Waals surface area (Å²) in [5.41, 5.74) is 3.27. The van der Waals surface area contributed by atoms with Crippen LogP contribution in [0.15, 0.2) is 95.9 Å². The fourth-order valence-electron chi connectivity index (χ4n) is 3.65. The number of rotatable bonds is 8. The zero-order valence-corrected chi connectivity index (χ0v) is 22.5. The van der Waals surface area contributed by atoms with Crippen LogP contribution in [0.25, 0.3) is 0 Å². The fourth-order valence-corrected chi connectivity index (χ4v) is 5.07. The van der Waals surface area contributed by atoms with Gasteiger partial charge in [-0.25, -0.2) is 0 Å². The van der Waals surface area contributed by atoms with Crippen LogP contribution in [-0.4, -0.2) is 18.9 Å². The van der Waals surface area contributed by atoms with Gasteiger partial charge < -0.3 is 15.4 Å². The first-order valence-corrected chi connectivity index (χ1v) is 13.0. The number of halogens is 2. The fraction of sp³-hybridized carbons (Fsp3) is 0.103. The lowest BCUT2D eigenvalue weighted by Crippen LogP contribution is -2.19. The quantitative estimate of drug-likeness (QED) is 0.218. The molecule has 4 aromatic carbocycles. The number of aryl methyl sites for hydroxylation is 1. The van der Waals surface area contributed by atoms with Crippen LogP contribution in [0, 0.1) is 6.92 Å². The molecule has 0 saturated carbocycles. The lowest BCUT2D eigenvalue weighted by Gasteiger charge is -2.19. The third kappa shape index (κ3) is 6.86. The number of ether oxygens (including phenoxy) is 1. The summed E-state index contributed by atoms with van der Waals surface area (Å²) in [5, 5.41) is 6.36. The minimum Gasteiger partial charge on any atom is -0.495 e. The molecule has 37 heavy (non-hydrogen) atoms. The van der Waals surface area contributed by atoms with Crippen molar-refractivity contribution >= 4 is 58.2 Å². The molecule has 5 nitrogen and oxygen atoms in total. The molecule has 2 amide bonds. The van der Waals surface area contributed by atoms with E-state index in [-0.39, 0.29) is 11.8 Å². The highest BCUT2D eigenvalue weighted by Gasteiger charge is 2.24. The predicted octanol–water partition coefficient (Wildman–Crippen LogP) is 8.03. The monoisotopic (exact) mass is 550 g/mol. The van der Waals surface area contributed by atoms with Crippen molar-refractivity contribution in [3.05, 3.63) is 118 Å². The second-order valence-corrected chi connectivity index (χ2v) is 10.2. The van der Waals surface area contributed by atoms with E-state index >= 15 is 0 Å². The molecule has 1 unspecified atom stereocenters. The van der Waals surface area contributed by atoms with E-state index in [9.17, 15) is 9.59 Å². The Balaban J connectivity index is 1.58. The maximum atomic E-state index is 13.6. The van der Waals surface area contributed by atoms with Gasteiger partial charge in [0.15, 0.2) is 0 Å². The third-order valence-corrected chi connectivity index (χ3v) is 7.40. The van der Waals surface area contributed by atoms with Gasteiger partial charge in [-0.05, 0) is 60.5 Å². The van der Waals surface area contributed by atoms with E-state index in [1.807, 2.05) is 55.5 Å². The Bertz CT molecular complexity index is 1430. The van der Waals surface area contributed by atoms with Crippen LogP contribution < -0.4 is 15.4 Å². The van der Waals surface area contributed by atoms with Crippen molar-refractivity contribution in [2.24, 2.45) is 0 Å². The maximum Gasteiger partial charge on any atom is 0.255 e. The first kappa shape index (κ1) is 26.6. The van der Waals surface area contributed by atoms with Gasteiger partial charge in [0.1, 0.15) is 11.0 Å². The van der Waals surface area contributed by atoms with Crippen LogP contribution in [0.5, 0.6) is 5.75 Å². The average Bonchev–Trinajstić information content (AvgIpc) is 2.90. The number of benzene rings is 4. The molecule has 0 aliphatic carbocycles. The van der Waals surface area contributed by atoms with E-state index in [1.165, 1.54) is 18.9 Å².